The van der Waals surface area contributed by atoms with Crippen LogP contribution in [0.2, 0.25) is 0 Å². The first-order valence-electron chi connectivity index (χ1n) is 14.9. The number of carbonyl (C=O) groups is 1. The highest BCUT2D eigenvalue weighted by atomic mass is 32.2. The van der Waals surface area contributed by atoms with Gasteiger partial charge in [0.15, 0.2) is 0 Å². The molecule has 3 aliphatic rings. The van der Waals surface area contributed by atoms with Gasteiger partial charge in [-0.2, -0.15) is 14.7 Å². The highest BCUT2D eigenvalue weighted by Crippen LogP contribution is 2.49. The first-order chi connectivity index (χ1) is 20.6. The van der Waals surface area contributed by atoms with Crippen molar-refractivity contribution in [3.63, 3.8) is 0 Å². The molecule has 2 aliphatic carbocycles. The molecule has 3 atom stereocenters. The predicted molar refractivity (Wildman–Crippen MR) is 163 cm³/mol. The van der Waals surface area contributed by atoms with Gasteiger partial charge in [0.05, 0.1) is 17.5 Å². The molecule has 1 saturated heterocycles. The zero-order chi connectivity index (χ0) is 30.4. The van der Waals surface area contributed by atoms with Crippen LogP contribution in [0.5, 0.6) is 0 Å². The van der Waals surface area contributed by atoms with E-state index >= 15 is 0 Å². The number of hydrogen-bond donors (Lipinski definition) is 2. The van der Waals surface area contributed by atoms with E-state index < -0.39 is 16.8 Å². The molecule has 2 N–H and O–H groups in total. The van der Waals surface area contributed by atoms with Crippen molar-refractivity contribution < 1.29 is 17.9 Å². The van der Waals surface area contributed by atoms with E-state index in [1.807, 2.05) is 6.20 Å². The standard InChI is InChI=1S/C32H37FN6O3S/c1-31(2)12-11-26(27(19-31)30(40)35-32(21-34)13-14-32)29-28(20-39(36-29)25-9-5-23(33)6-10-25)22-3-7-24(8-4-22)37-15-17-38(18-16-37)43(41)42/h3-10,20,26-27H,11-19H2,1-2H3,(H,35,40)(H,41,42). The van der Waals surface area contributed by atoms with E-state index in [-0.39, 0.29) is 29.0 Å². The van der Waals surface area contributed by atoms with Crippen molar-refractivity contribution in [2.75, 3.05) is 31.1 Å². The number of carbonyl (C=O) groups excluding carboxylic acids is 1. The Labute approximate surface area is 254 Å². The molecule has 11 heteroatoms. The molecule has 1 aromatic heterocycles. The Morgan fingerprint density at radius 2 is 1.70 bits per heavy atom. The molecule has 3 aromatic rings. The molecule has 2 aromatic carbocycles. The van der Waals surface area contributed by atoms with Gasteiger partial charge in [0.1, 0.15) is 11.4 Å². The minimum Gasteiger partial charge on any atom is -0.369 e. The molecule has 3 unspecified atom stereocenters. The van der Waals surface area contributed by atoms with Crippen molar-refractivity contribution in [1.29, 1.82) is 5.26 Å². The summed E-state index contributed by atoms with van der Waals surface area (Å²) in [6.45, 7) is 6.70. The average Bonchev–Trinajstić information content (AvgIpc) is 3.64. The Morgan fingerprint density at radius 1 is 1.05 bits per heavy atom. The highest BCUT2D eigenvalue weighted by molar-refractivity contribution is 7.76. The van der Waals surface area contributed by atoms with Crippen LogP contribution in [0, 0.1) is 28.5 Å². The minimum absolute atomic E-state index is 0.0180. The zero-order valence-corrected chi connectivity index (χ0v) is 25.3. The lowest BCUT2D eigenvalue weighted by molar-refractivity contribution is -0.128. The van der Waals surface area contributed by atoms with Crippen molar-refractivity contribution in [2.45, 2.75) is 57.4 Å². The van der Waals surface area contributed by atoms with Gasteiger partial charge in [-0.3, -0.25) is 9.35 Å². The molecule has 2 heterocycles. The lowest BCUT2D eigenvalue weighted by atomic mass is 9.65. The fourth-order valence-electron chi connectivity index (χ4n) is 6.47. The van der Waals surface area contributed by atoms with Crippen LogP contribution >= 0.6 is 0 Å². The van der Waals surface area contributed by atoms with Gasteiger partial charge in [-0.15, -0.1) is 0 Å². The fraction of sp³-hybridized carbons (Fsp3) is 0.469. The Kier molecular flexibility index (Phi) is 7.87. The Hall–Kier alpha value is -3.59. The van der Waals surface area contributed by atoms with E-state index in [2.05, 4.69) is 54.4 Å². The molecule has 0 radical (unpaired) electrons. The number of piperazine rings is 1. The van der Waals surface area contributed by atoms with E-state index in [0.717, 1.165) is 41.0 Å². The number of nitrogens with one attached hydrogen (secondary N) is 1. The van der Waals surface area contributed by atoms with Crippen molar-refractivity contribution in [1.82, 2.24) is 19.4 Å². The van der Waals surface area contributed by atoms with Crippen LogP contribution in [0.3, 0.4) is 0 Å². The number of rotatable bonds is 7. The maximum atomic E-state index is 13.7. The second-order valence-corrected chi connectivity index (χ2v) is 13.8. The second kappa shape index (κ2) is 11.5. The molecule has 2 saturated carbocycles. The maximum absolute atomic E-state index is 13.7. The first-order valence-corrected chi connectivity index (χ1v) is 15.9. The largest absolute Gasteiger partial charge is 0.369 e. The van der Waals surface area contributed by atoms with Crippen LogP contribution in [0.25, 0.3) is 16.8 Å². The van der Waals surface area contributed by atoms with E-state index in [4.69, 9.17) is 5.10 Å². The molecule has 1 amide bonds. The van der Waals surface area contributed by atoms with Crippen LogP contribution < -0.4 is 10.2 Å². The van der Waals surface area contributed by atoms with E-state index in [1.54, 1.807) is 21.1 Å². The predicted octanol–water partition coefficient (Wildman–Crippen LogP) is 5.02. The summed E-state index contributed by atoms with van der Waals surface area (Å²) >= 11 is -1.95. The van der Waals surface area contributed by atoms with Crippen LogP contribution in [0.1, 0.15) is 57.6 Å². The lowest BCUT2D eigenvalue weighted by Gasteiger charge is -2.40. The molecule has 9 nitrogen and oxygen atoms in total. The van der Waals surface area contributed by atoms with E-state index in [1.165, 1.54) is 12.1 Å². The monoisotopic (exact) mass is 604 g/mol. The maximum Gasteiger partial charge on any atom is 0.234 e. The number of benzene rings is 2. The molecule has 0 spiro atoms. The normalized spacial score (nSPS) is 23.7. The van der Waals surface area contributed by atoms with Gasteiger partial charge < -0.3 is 10.2 Å². The Morgan fingerprint density at radius 3 is 2.30 bits per heavy atom. The van der Waals surface area contributed by atoms with E-state index in [9.17, 15) is 23.2 Å². The fourth-order valence-corrected chi connectivity index (χ4v) is 6.95. The zero-order valence-electron chi connectivity index (χ0n) is 24.5. The number of aromatic nitrogens is 2. The first kappa shape index (κ1) is 29.5. The smallest absolute Gasteiger partial charge is 0.234 e. The van der Waals surface area contributed by atoms with Crippen molar-refractivity contribution in [2.24, 2.45) is 11.3 Å². The number of halogens is 1. The molecular weight excluding hydrogens is 567 g/mol. The van der Waals surface area contributed by atoms with Crippen LogP contribution in [0.4, 0.5) is 10.1 Å². The summed E-state index contributed by atoms with van der Waals surface area (Å²) in [4.78, 5) is 15.9. The van der Waals surface area contributed by atoms with Gasteiger partial charge in [0, 0.05) is 55.5 Å². The Bertz CT molecular complexity index is 1550. The summed E-state index contributed by atoms with van der Waals surface area (Å²) < 4.78 is 37.9. The second-order valence-electron chi connectivity index (χ2n) is 12.8. The molecule has 43 heavy (non-hydrogen) atoms. The summed E-state index contributed by atoms with van der Waals surface area (Å²) in [6, 6.07) is 16.7. The number of anilines is 1. The van der Waals surface area contributed by atoms with E-state index in [0.29, 0.717) is 45.4 Å². The average molecular weight is 605 g/mol. The lowest BCUT2D eigenvalue weighted by Crippen LogP contribution is -2.46. The number of hydrogen-bond acceptors (Lipinski definition) is 5. The molecule has 226 valence electrons. The third-order valence-electron chi connectivity index (χ3n) is 9.24. The van der Waals surface area contributed by atoms with Gasteiger partial charge in [-0.1, -0.05) is 26.0 Å². The van der Waals surface area contributed by atoms with Crippen LogP contribution in [-0.2, 0) is 16.1 Å². The summed E-state index contributed by atoms with van der Waals surface area (Å²) in [5.41, 5.74) is 3.70. The van der Waals surface area contributed by atoms with Gasteiger partial charge in [0.25, 0.3) is 0 Å². The van der Waals surface area contributed by atoms with Crippen molar-refractivity contribution in [3.05, 3.63) is 66.2 Å². The molecule has 0 bridgehead atoms. The summed E-state index contributed by atoms with van der Waals surface area (Å²) in [7, 11) is 0. The summed E-state index contributed by atoms with van der Waals surface area (Å²) in [5, 5.41) is 17.8. The SMILES string of the molecule is CC1(C)CCC(c2nn(-c3ccc(F)cc3)cc2-c2ccc(N3CCN(S(=O)O)CC3)cc2)C(C(=O)NC2(C#N)CC2)C1. The van der Waals surface area contributed by atoms with Crippen molar-refractivity contribution in [3.8, 4) is 22.9 Å². The van der Waals surface area contributed by atoms with Gasteiger partial charge in [0.2, 0.25) is 17.2 Å². The molecular formula is C32H37FN6O3S. The van der Waals surface area contributed by atoms with Gasteiger partial charge in [-0.25, -0.2) is 13.3 Å². The van der Waals surface area contributed by atoms with Gasteiger partial charge >= 0.3 is 0 Å². The summed E-state index contributed by atoms with van der Waals surface area (Å²) in [6.07, 6.45) is 5.74. The molecule has 1 aliphatic heterocycles. The quantitative estimate of drug-likeness (QED) is 0.366. The van der Waals surface area contributed by atoms with Gasteiger partial charge in [-0.05, 0) is 79.5 Å². The number of nitriles is 1. The topological polar surface area (TPSA) is 114 Å². The third kappa shape index (κ3) is 6.23. The molecule has 3 fully saturated rings. The minimum atomic E-state index is -1.95. The highest BCUT2D eigenvalue weighted by Gasteiger charge is 2.48. The summed E-state index contributed by atoms with van der Waals surface area (Å²) in [5.74, 6) is -0.892. The number of amides is 1. The number of nitrogens with zero attached hydrogens (tertiary/aromatic N) is 5. The van der Waals surface area contributed by atoms with Crippen LogP contribution in [0.15, 0.2) is 54.7 Å². The van der Waals surface area contributed by atoms with Crippen molar-refractivity contribution >= 4 is 22.9 Å². The van der Waals surface area contributed by atoms with Crippen LogP contribution in [-0.4, -0.2) is 60.5 Å². The third-order valence-corrected chi connectivity index (χ3v) is 10.0. The molecule has 6 rings (SSSR count). The Balaban J connectivity index is 1.35.